The average Bonchev–Trinajstić information content (AvgIpc) is 2.32. The van der Waals surface area contributed by atoms with Gasteiger partial charge in [0.25, 0.3) is 0 Å². The van der Waals surface area contributed by atoms with Crippen LogP contribution in [0.5, 0.6) is 11.5 Å². The Morgan fingerprint density at radius 3 is 2.63 bits per heavy atom. The van der Waals surface area contributed by atoms with Crippen molar-refractivity contribution in [2.45, 2.75) is 13.8 Å². The van der Waals surface area contributed by atoms with Crippen LogP contribution >= 0.6 is 0 Å². The quantitative estimate of drug-likeness (QED) is 0.839. The second-order valence-electron chi connectivity index (χ2n) is 4.12. The number of nitriles is 1. The van der Waals surface area contributed by atoms with Crippen LogP contribution in [0.25, 0.3) is 0 Å². The fourth-order valence-electron chi connectivity index (χ4n) is 1.74. The van der Waals surface area contributed by atoms with E-state index < -0.39 is 5.82 Å². The Kier molecular flexibility index (Phi) is 3.34. The molecule has 2 rings (SSSR count). The van der Waals surface area contributed by atoms with E-state index in [2.05, 4.69) is 4.98 Å². The van der Waals surface area contributed by atoms with Gasteiger partial charge in [0, 0.05) is 17.8 Å². The first-order chi connectivity index (χ1) is 9.01. The summed E-state index contributed by atoms with van der Waals surface area (Å²) in [6, 6.07) is 7.53. The van der Waals surface area contributed by atoms with E-state index in [0.717, 1.165) is 5.69 Å². The van der Waals surface area contributed by atoms with Crippen molar-refractivity contribution in [3.8, 4) is 17.6 Å². The second-order valence-corrected chi connectivity index (χ2v) is 4.12. The van der Waals surface area contributed by atoms with Gasteiger partial charge in [-0.1, -0.05) is 0 Å². The molecule has 0 saturated heterocycles. The lowest BCUT2D eigenvalue weighted by Crippen LogP contribution is -1.98. The van der Waals surface area contributed by atoms with Gasteiger partial charge in [0.1, 0.15) is 23.2 Å². The first-order valence-corrected chi connectivity index (χ1v) is 5.62. The van der Waals surface area contributed by atoms with E-state index >= 15 is 0 Å². The molecule has 5 heteroatoms. The number of aryl methyl sites for hydroxylation is 2. The van der Waals surface area contributed by atoms with Crippen LogP contribution in [0.4, 0.5) is 10.1 Å². The molecule has 1 aromatic heterocycles. The fourth-order valence-corrected chi connectivity index (χ4v) is 1.74. The molecule has 0 unspecified atom stereocenters. The summed E-state index contributed by atoms with van der Waals surface area (Å²) in [5, 5.41) is 9.12. The highest BCUT2D eigenvalue weighted by atomic mass is 19.1. The third-order valence-electron chi connectivity index (χ3n) is 2.60. The summed E-state index contributed by atoms with van der Waals surface area (Å²) >= 11 is 0. The van der Waals surface area contributed by atoms with Gasteiger partial charge in [0.15, 0.2) is 5.75 Å². The zero-order chi connectivity index (χ0) is 14.0. The minimum absolute atomic E-state index is 0.177. The van der Waals surface area contributed by atoms with Gasteiger partial charge in [-0.05, 0) is 26.0 Å². The highest BCUT2D eigenvalue weighted by molar-refractivity contribution is 5.56. The number of rotatable bonds is 2. The summed E-state index contributed by atoms with van der Waals surface area (Å²) < 4.78 is 18.6. The largest absolute Gasteiger partial charge is 0.454 e. The number of nitrogen functional groups attached to an aromatic ring is 1. The van der Waals surface area contributed by atoms with E-state index in [1.165, 1.54) is 18.2 Å². The van der Waals surface area contributed by atoms with Gasteiger partial charge in [-0.2, -0.15) is 5.26 Å². The summed E-state index contributed by atoms with van der Waals surface area (Å²) in [6.45, 7) is 3.53. The minimum Gasteiger partial charge on any atom is -0.454 e. The van der Waals surface area contributed by atoms with Crippen LogP contribution in [0.15, 0.2) is 24.3 Å². The SMILES string of the molecule is Cc1cc(Oc2ccc(F)cc2N)c(C#N)c(C)n1. The van der Waals surface area contributed by atoms with Gasteiger partial charge < -0.3 is 10.5 Å². The van der Waals surface area contributed by atoms with E-state index in [4.69, 9.17) is 15.7 Å². The lowest BCUT2D eigenvalue weighted by molar-refractivity contribution is 0.479. The summed E-state index contributed by atoms with van der Waals surface area (Å²) in [5.74, 6) is 0.237. The van der Waals surface area contributed by atoms with Crippen molar-refractivity contribution in [3.63, 3.8) is 0 Å². The Bertz CT molecular complexity index is 677. The maximum absolute atomic E-state index is 13.0. The van der Waals surface area contributed by atoms with E-state index in [-0.39, 0.29) is 5.69 Å². The molecular formula is C14H12FN3O. The smallest absolute Gasteiger partial charge is 0.150 e. The minimum atomic E-state index is -0.438. The maximum atomic E-state index is 13.0. The molecule has 1 aromatic carbocycles. The van der Waals surface area contributed by atoms with Crippen LogP contribution in [-0.4, -0.2) is 4.98 Å². The molecule has 0 aliphatic rings. The molecule has 0 spiro atoms. The van der Waals surface area contributed by atoms with Crippen LogP contribution in [0, 0.1) is 31.0 Å². The van der Waals surface area contributed by atoms with E-state index in [9.17, 15) is 4.39 Å². The summed E-state index contributed by atoms with van der Waals surface area (Å²) in [4.78, 5) is 4.19. The molecule has 0 atom stereocenters. The van der Waals surface area contributed by atoms with Crippen LogP contribution in [0.2, 0.25) is 0 Å². The van der Waals surface area contributed by atoms with Gasteiger partial charge in [0.2, 0.25) is 0 Å². The molecule has 2 N–H and O–H groups in total. The van der Waals surface area contributed by atoms with Crippen LogP contribution in [0.1, 0.15) is 17.0 Å². The molecule has 0 amide bonds. The predicted molar refractivity (Wildman–Crippen MR) is 69.3 cm³/mol. The number of hydrogen-bond donors (Lipinski definition) is 1. The van der Waals surface area contributed by atoms with E-state index in [1.54, 1.807) is 19.9 Å². The van der Waals surface area contributed by atoms with Crippen molar-refractivity contribution in [1.29, 1.82) is 5.26 Å². The number of nitrogens with two attached hydrogens (primary N) is 1. The number of aromatic nitrogens is 1. The number of ether oxygens (including phenoxy) is 1. The van der Waals surface area contributed by atoms with Crippen LogP contribution in [0.3, 0.4) is 0 Å². The lowest BCUT2D eigenvalue weighted by atomic mass is 10.2. The topological polar surface area (TPSA) is 71.9 Å². The highest BCUT2D eigenvalue weighted by Gasteiger charge is 2.12. The summed E-state index contributed by atoms with van der Waals surface area (Å²) in [5.41, 5.74) is 7.50. The Balaban J connectivity index is 2.46. The molecule has 2 aromatic rings. The van der Waals surface area contributed by atoms with Crippen molar-refractivity contribution >= 4 is 5.69 Å². The number of benzene rings is 1. The van der Waals surface area contributed by atoms with Gasteiger partial charge in [-0.15, -0.1) is 0 Å². The van der Waals surface area contributed by atoms with Crippen molar-refractivity contribution in [2.24, 2.45) is 0 Å². The van der Waals surface area contributed by atoms with Gasteiger partial charge in [-0.25, -0.2) is 4.39 Å². The Morgan fingerprint density at radius 2 is 2.00 bits per heavy atom. The number of hydrogen-bond acceptors (Lipinski definition) is 4. The molecule has 96 valence electrons. The summed E-state index contributed by atoms with van der Waals surface area (Å²) in [7, 11) is 0. The summed E-state index contributed by atoms with van der Waals surface area (Å²) in [6.07, 6.45) is 0. The zero-order valence-electron chi connectivity index (χ0n) is 10.6. The molecule has 4 nitrogen and oxygen atoms in total. The molecule has 0 bridgehead atoms. The van der Waals surface area contributed by atoms with E-state index in [1.807, 2.05) is 6.07 Å². The fraction of sp³-hybridized carbons (Fsp3) is 0.143. The molecule has 1 heterocycles. The zero-order valence-corrected chi connectivity index (χ0v) is 10.6. The van der Waals surface area contributed by atoms with Crippen molar-refractivity contribution < 1.29 is 9.13 Å². The standard InChI is InChI=1S/C14H12FN3O/c1-8-5-14(11(7-16)9(2)18-8)19-13-4-3-10(15)6-12(13)17/h3-6H,17H2,1-2H3. The molecule has 0 radical (unpaired) electrons. The Hall–Kier alpha value is -2.61. The van der Waals surface area contributed by atoms with Gasteiger partial charge in [0.05, 0.1) is 11.4 Å². The third-order valence-corrected chi connectivity index (χ3v) is 2.60. The number of anilines is 1. The van der Waals surface area contributed by atoms with Crippen molar-refractivity contribution in [3.05, 3.63) is 47.0 Å². The average molecular weight is 257 g/mol. The van der Waals surface area contributed by atoms with Crippen LogP contribution in [-0.2, 0) is 0 Å². The van der Waals surface area contributed by atoms with Crippen LogP contribution < -0.4 is 10.5 Å². The Morgan fingerprint density at radius 1 is 1.26 bits per heavy atom. The second kappa shape index (κ2) is 4.94. The molecule has 0 saturated carbocycles. The molecule has 19 heavy (non-hydrogen) atoms. The highest BCUT2D eigenvalue weighted by Crippen LogP contribution is 2.31. The van der Waals surface area contributed by atoms with Gasteiger partial charge in [-0.3, -0.25) is 4.98 Å². The molecular weight excluding hydrogens is 245 g/mol. The molecule has 0 fully saturated rings. The maximum Gasteiger partial charge on any atom is 0.150 e. The predicted octanol–water partition coefficient (Wildman–Crippen LogP) is 3.08. The number of pyridine rings is 1. The molecule has 0 aliphatic heterocycles. The Labute approximate surface area is 110 Å². The first-order valence-electron chi connectivity index (χ1n) is 5.62. The van der Waals surface area contributed by atoms with E-state index in [0.29, 0.717) is 22.8 Å². The van der Waals surface area contributed by atoms with Crippen molar-refractivity contribution in [1.82, 2.24) is 4.98 Å². The van der Waals surface area contributed by atoms with Gasteiger partial charge >= 0.3 is 0 Å². The number of nitrogens with zero attached hydrogens (tertiary/aromatic N) is 2. The lowest BCUT2D eigenvalue weighted by Gasteiger charge is -2.11. The molecule has 0 aliphatic carbocycles. The number of halogens is 1. The third kappa shape index (κ3) is 2.63. The normalized spacial score (nSPS) is 10.0. The monoisotopic (exact) mass is 257 g/mol. The van der Waals surface area contributed by atoms with Crippen molar-refractivity contribution in [2.75, 3.05) is 5.73 Å². The first kappa shape index (κ1) is 12.8.